The Labute approximate surface area is 242 Å². The number of ketones is 1. The van der Waals surface area contributed by atoms with E-state index in [1.807, 2.05) is 66.7 Å². The fourth-order valence-electron chi connectivity index (χ4n) is 4.52. The first kappa shape index (κ1) is 26.9. The molecule has 39 heavy (non-hydrogen) atoms. The summed E-state index contributed by atoms with van der Waals surface area (Å²) in [6.07, 6.45) is 5.53. The van der Waals surface area contributed by atoms with Gasteiger partial charge in [-0.05, 0) is 42.7 Å². The quantitative estimate of drug-likeness (QED) is 0.314. The van der Waals surface area contributed by atoms with Crippen LogP contribution in [0.3, 0.4) is 0 Å². The lowest BCUT2D eigenvalue weighted by atomic mass is 9.79. The molecule has 2 aromatic carbocycles. The summed E-state index contributed by atoms with van der Waals surface area (Å²) in [4.78, 5) is 27.3. The van der Waals surface area contributed by atoms with Crippen molar-refractivity contribution in [2.45, 2.75) is 23.6 Å². The number of thioether (sulfide) groups is 1. The van der Waals surface area contributed by atoms with Crippen LogP contribution < -0.4 is 16.0 Å². The fraction of sp³-hybridized carbons (Fsp3) is 0.179. The van der Waals surface area contributed by atoms with Crippen LogP contribution in [-0.4, -0.2) is 27.6 Å². The highest BCUT2D eigenvalue weighted by Crippen LogP contribution is 2.44. The molecule has 2 heterocycles. The predicted octanol–water partition coefficient (Wildman–Crippen LogP) is 5.88. The van der Waals surface area contributed by atoms with E-state index >= 15 is 0 Å². The van der Waals surface area contributed by atoms with Gasteiger partial charge in [0.05, 0.1) is 17.4 Å². The molecule has 5 rings (SSSR count). The predicted molar refractivity (Wildman–Crippen MR) is 158 cm³/mol. The molecule has 0 saturated carbocycles. The number of hydrogen-bond acceptors (Lipinski definition) is 9. The van der Waals surface area contributed by atoms with E-state index in [2.05, 4.69) is 37.5 Å². The Balaban J connectivity index is 1.38. The van der Waals surface area contributed by atoms with Crippen molar-refractivity contribution in [3.8, 4) is 6.07 Å². The third-order valence-electron chi connectivity index (χ3n) is 6.28. The van der Waals surface area contributed by atoms with Crippen LogP contribution in [0.5, 0.6) is 0 Å². The fourth-order valence-corrected chi connectivity index (χ4v) is 6.46. The molecule has 3 N–H and O–H groups in total. The normalized spacial score (nSPS) is 17.4. The lowest BCUT2D eigenvalue weighted by molar-refractivity contribution is -0.116. The van der Waals surface area contributed by atoms with E-state index < -0.39 is 5.92 Å². The van der Waals surface area contributed by atoms with Gasteiger partial charge in [-0.2, -0.15) is 5.26 Å². The molecule has 0 bridgehead atoms. The summed E-state index contributed by atoms with van der Waals surface area (Å²) in [5, 5.41) is 22.0. The van der Waals surface area contributed by atoms with E-state index in [9.17, 15) is 14.9 Å². The van der Waals surface area contributed by atoms with Crippen molar-refractivity contribution in [3.63, 3.8) is 0 Å². The van der Waals surface area contributed by atoms with Gasteiger partial charge in [-0.3, -0.25) is 14.5 Å². The number of benzene rings is 2. The van der Waals surface area contributed by atoms with Crippen molar-refractivity contribution in [1.82, 2.24) is 10.2 Å². The highest BCUT2D eigenvalue weighted by atomic mass is 79.9. The average molecular weight is 620 g/mol. The number of nitrogens with zero attached hydrogens (tertiary/aromatic N) is 4. The molecule has 1 amide bonds. The van der Waals surface area contributed by atoms with Crippen molar-refractivity contribution >= 4 is 67.6 Å². The average Bonchev–Trinajstić information content (AvgIpc) is 3.41. The lowest BCUT2D eigenvalue weighted by Gasteiger charge is -2.37. The van der Waals surface area contributed by atoms with Gasteiger partial charge >= 0.3 is 0 Å². The first-order valence-corrected chi connectivity index (χ1v) is 14.7. The number of amides is 1. The summed E-state index contributed by atoms with van der Waals surface area (Å²) in [6.45, 7) is 0. The Morgan fingerprint density at radius 1 is 1.21 bits per heavy atom. The van der Waals surface area contributed by atoms with Gasteiger partial charge in [0.1, 0.15) is 5.82 Å². The van der Waals surface area contributed by atoms with Crippen molar-refractivity contribution in [3.05, 3.63) is 93.4 Å². The Kier molecular flexibility index (Phi) is 8.26. The molecule has 8 nitrogen and oxygen atoms in total. The van der Waals surface area contributed by atoms with E-state index in [1.54, 1.807) is 4.90 Å². The van der Waals surface area contributed by atoms with Gasteiger partial charge in [-0.15, -0.1) is 10.2 Å². The maximum absolute atomic E-state index is 13.2. The van der Waals surface area contributed by atoms with E-state index in [1.165, 1.54) is 23.1 Å². The molecule has 2 aliphatic rings. The topological polar surface area (TPSA) is 125 Å². The first-order chi connectivity index (χ1) is 18.9. The Morgan fingerprint density at radius 3 is 2.72 bits per heavy atom. The number of nitriles is 1. The number of carbonyl (C=O) groups excluding carboxylic acids is 2. The molecule has 0 saturated heterocycles. The summed E-state index contributed by atoms with van der Waals surface area (Å²) < 4.78 is 1.51. The minimum atomic E-state index is -0.529. The third-order valence-corrected chi connectivity index (χ3v) is 8.85. The largest absolute Gasteiger partial charge is 0.384 e. The van der Waals surface area contributed by atoms with Crippen LogP contribution in [0.2, 0.25) is 0 Å². The number of rotatable bonds is 7. The zero-order valence-corrected chi connectivity index (χ0v) is 23.9. The van der Waals surface area contributed by atoms with Gasteiger partial charge in [-0.1, -0.05) is 81.5 Å². The van der Waals surface area contributed by atoms with E-state index in [-0.39, 0.29) is 23.3 Å². The second-order valence-corrected chi connectivity index (χ2v) is 11.9. The third kappa shape index (κ3) is 5.98. The number of nitrogens with one attached hydrogen (secondary N) is 1. The maximum atomic E-state index is 13.2. The van der Waals surface area contributed by atoms with E-state index in [0.717, 1.165) is 15.7 Å². The Hall–Kier alpha value is -3.72. The molecule has 196 valence electrons. The van der Waals surface area contributed by atoms with Gasteiger partial charge in [0, 0.05) is 33.8 Å². The monoisotopic (exact) mass is 618 g/mol. The number of halogens is 1. The van der Waals surface area contributed by atoms with E-state index in [0.29, 0.717) is 45.6 Å². The highest BCUT2D eigenvalue weighted by molar-refractivity contribution is 9.10. The summed E-state index contributed by atoms with van der Waals surface area (Å²) in [5.41, 5.74) is 9.88. The molecule has 0 spiro atoms. The molecule has 1 atom stereocenters. The number of allylic oxidation sites excluding steroid dienone is 4. The summed E-state index contributed by atoms with van der Waals surface area (Å²) >= 11 is 5.90. The van der Waals surface area contributed by atoms with Gasteiger partial charge in [0.2, 0.25) is 11.0 Å². The van der Waals surface area contributed by atoms with Crippen LogP contribution >= 0.6 is 39.0 Å². The minimum absolute atomic E-state index is 0.00735. The highest BCUT2D eigenvalue weighted by Gasteiger charge is 2.39. The van der Waals surface area contributed by atoms with Crippen LogP contribution in [0.15, 0.2) is 92.1 Å². The number of hydrogen-bond donors (Lipinski definition) is 2. The minimum Gasteiger partial charge on any atom is -0.384 e. The molecule has 1 aliphatic carbocycles. The molecule has 0 radical (unpaired) electrons. The summed E-state index contributed by atoms with van der Waals surface area (Å²) in [7, 11) is 0. The number of Topliss-reactive ketones (excluding diaryl/α,β-unsaturated/α-hetero) is 1. The molecular weight excluding hydrogens is 596 g/mol. The van der Waals surface area contributed by atoms with Gasteiger partial charge in [0.25, 0.3) is 0 Å². The summed E-state index contributed by atoms with van der Waals surface area (Å²) in [5.74, 6) is -0.294. The number of aromatic nitrogens is 2. The molecular formula is C28H23BrN6O2S2. The van der Waals surface area contributed by atoms with Crippen LogP contribution in [-0.2, 0) is 9.59 Å². The summed E-state index contributed by atoms with van der Waals surface area (Å²) in [6, 6.07) is 19.3. The molecule has 3 aromatic rings. The standard InChI is InChI=1S/C28H23BrN6O2S2/c29-18-10-12-19(13-11-18)32-24(37)16-38-28-34-33-27(39-28)35-22-7-4-8-23(36)25(22)20(21(15-30)26(35)31)14-9-17-5-2-1-3-6-17/h1-3,5-6,9-14,20H,4,7-8,16,31H2,(H,32,37)/b14-9+. The molecule has 0 fully saturated rings. The Morgan fingerprint density at radius 2 is 1.97 bits per heavy atom. The van der Waals surface area contributed by atoms with E-state index in [4.69, 9.17) is 5.73 Å². The number of carbonyl (C=O) groups is 2. The van der Waals surface area contributed by atoms with Crippen LogP contribution in [0.4, 0.5) is 10.8 Å². The zero-order valence-electron chi connectivity index (χ0n) is 20.6. The Bertz CT molecular complexity index is 1540. The second-order valence-electron chi connectivity index (χ2n) is 8.82. The molecule has 1 unspecified atom stereocenters. The molecule has 1 aliphatic heterocycles. The first-order valence-electron chi connectivity index (χ1n) is 12.2. The molecule has 11 heteroatoms. The van der Waals surface area contributed by atoms with Crippen LogP contribution in [0.1, 0.15) is 24.8 Å². The second kappa shape index (κ2) is 12.0. The number of nitrogens with two attached hydrogens (primary N) is 1. The van der Waals surface area contributed by atoms with Gasteiger partial charge in [-0.25, -0.2) is 0 Å². The molecule has 1 aromatic heterocycles. The lowest BCUT2D eigenvalue weighted by Crippen LogP contribution is -2.39. The van der Waals surface area contributed by atoms with Crippen LogP contribution in [0, 0.1) is 17.2 Å². The van der Waals surface area contributed by atoms with Crippen molar-refractivity contribution < 1.29 is 9.59 Å². The number of anilines is 2. The SMILES string of the molecule is N#CC1=C(N)N(c2nnc(SCC(=O)Nc3ccc(Br)cc3)s2)C2=C(C(=O)CCC2)C1/C=C/c1ccccc1. The van der Waals surface area contributed by atoms with Crippen LogP contribution in [0.25, 0.3) is 6.08 Å². The van der Waals surface area contributed by atoms with Crippen molar-refractivity contribution in [1.29, 1.82) is 5.26 Å². The van der Waals surface area contributed by atoms with Gasteiger partial charge in [0.15, 0.2) is 10.1 Å². The zero-order chi connectivity index (χ0) is 27.4. The smallest absolute Gasteiger partial charge is 0.234 e. The van der Waals surface area contributed by atoms with Crippen molar-refractivity contribution in [2.24, 2.45) is 11.7 Å². The van der Waals surface area contributed by atoms with Crippen molar-refractivity contribution in [2.75, 3.05) is 16.0 Å². The maximum Gasteiger partial charge on any atom is 0.234 e. The van der Waals surface area contributed by atoms with Gasteiger partial charge < -0.3 is 11.1 Å².